The van der Waals surface area contributed by atoms with Gasteiger partial charge in [-0.2, -0.15) is 0 Å². The Labute approximate surface area is 126 Å². The Morgan fingerprint density at radius 3 is 2.29 bits per heavy atom. The van der Waals surface area contributed by atoms with Gasteiger partial charge in [0.1, 0.15) is 0 Å². The van der Waals surface area contributed by atoms with Gasteiger partial charge in [0.25, 0.3) is 0 Å². The summed E-state index contributed by atoms with van der Waals surface area (Å²) in [7, 11) is 2.04. The first-order valence-electron chi connectivity index (χ1n) is 7.57. The van der Waals surface area contributed by atoms with Gasteiger partial charge in [-0.15, -0.1) is 0 Å². The molecule has 3 aromatic carbocycles. The lowest BCUT2D eigenvalue weighted by molar-refractivity contribution is 0.549. The zero-order valence-electron chi connectivity index (χ0n) is 12.4. The molecule has 3 rings (SSSR count). The molecular weight excluding hydrogens is 254 g/mol. The number of aryl methyl sites for hydroxylation is 1. The first kappa shape index (κ1) is 13.8. The molecule has 0 fully saturated rings. The summed E-state index contributed by atoms with van der Waals surface area (Å²) in [6.45, 7) is 0. The largest absolute Gasteiger partial charge is 0.313 e. The molecule has 1 nitrogen and oxygen atoms in total. The Bertz CT molecular complexity index is 703. The third-order valence-electron chi connectivity index (χ3n) is 4.09. The van der Waals surface area contributed by atoms with Crippen LogP contribution in [0.4, 0.5) is 0 Å². The molecule has 1 N–H and O–H groups in total. The second kappa shape index (κ2) is 6.55. The molecule has 0 amide bonds. The minimum Gasteiger partial charge on any atom is -0.313 e. The van der Waals surface area contributed by atoms with Crippen LogP contribution in [0.5, 0.6) is 0 Å². The van der Waals surface area contributed by atoms with Crippen molar-refractivity contribution in [1.29, 1.82) is 0 Å². The maximum atomic E-state index is 3.43. The van der Waals surface area contributed by atoms with Gasteiger partial charge in [0.05, 0.1) is 0 Å². The van der Waals surface area contributed by atoms with Crippen LogP contribution < -0.4 is 5.32 Å². The summed E-state index contributed by atoms with van der Waals surface area (Å²) in [6.07, 6.45) is 2.20. The fraction of sp³-hybridized carbons (Fsp3) is 0.200. The van der Waals surface area contributed by atoms with Crippen LogP contribution in [0.25, 0.3) is 10.8 Å². The van der Waals surface area contributed by atoms with Crippen LogP contribution in [0, 0.1) is 0 Å². The van der Waals surface area contributed by atoms with E-state index in [0.29, 0.717) is 6.04 Å². The van der Waals surface area contributed by atoms with E-state index >= 15 is 0 Å². The van der Waals surface area contributed by atoms with E-state index in [9.17, 15) is 0 Å². The second-order valence-corrected chi connectivity index (χ2v) is 5.47. The minimum absolute atomic E-state index is 0.415. The normalized spacial score (nSPS) is 12.4. The number of rotatable bonds is 5. The predicted molar refractivity (Wildman–Crippen MR) is 90.5 cm³/mol. The molecule has 1 unspecified atom stereocenters. The molecule has 106 valence electrons. The molecule has 0 saturated carbocycles. The zero-order chi connectivity index (χ0) is 14.5. The van der Waals surface area contributed by atoms with Crippen LogP contribution in [0.2, 0.25) is 0 Å². The molecular formula is C20H21N. The summed E-state index contributed by atoms with van der Waals surface area (Å²) in [5.74, 6) is 0. The molecule has 0 aliphatic rings. The Balaban J connectivity index is 1.73. The summed E-state index contributed by atoms with van der Waals surface area (Å²) in [6, 6.07) is 26.4. The van der Waals surface area contributed by atoms with Crippen LogP contribution in [-0.2, 0) is 6.42 Å². The Hall–Kier alpha value is -2.12. The zero-order valence-corrected chi connectivity index (χ0v) is 12.4. The molecule has 0 aliphatic heterocycles. The highest BCUT2D eigenvalue weighted by molar-refractivity contribution is 5.82. The molecule has 0 saturated heterocycles. The van der Waals surface area contributed by atoms with Gasteiger partial charge in [0.15, 0.2) is 0 Å². The molecule has 0 aromatic heterocycles. The maximum absolute atomic E-state index is 3.43. The van der Waals surface area contributed by atoms with Crippen molar-refractivity contribution in [1.82, 2.24) is 5.32 Å². The predicted octanol–water partition coefficient (Wildman–Crippen LogP) is 4.73. The van der Waals surface area contributed by atoms with Gasteiger partial charge < -0.3 is 5.32 Å². The summed E-state index contributed by atoms with van der Waals surface area (Å²) < 4.78 is 0. The monoisotopic (exact) mass is 275 g/mol. The van der Waals surface area contributed by atoms with Gasteiger partial charge >= 0.3 is 0 Å². The molecule has 3 aromatic rings. The highest BCUT2D eigenvalue weighted by atomic mass is 14.9. The van der Waals surface area contributed by atoms with Crippen molar-refractivity contribution in [3.8, 4) is 0 Å². The highest BCUT2D eigenvalue weighted by Gasteiger charge is 2.08. The molecule has 0 radical (unpaired) electrons. The summed E-state index contributed by atoms with van der Waals surface area (Å²) in [4.78, 5) is 0. The van der Waals surface area contributed by atoms with Crippen molar-refractivity contribution >= 4 is 10.8 Å². The van der Waals surface area contributed by atoms with Gasteiger partial charge in [-0.05, 0) is 41.8 Å². The second-order valence-electron chi connectivity index (χ2n) is 5.47. The van der Waals surface area contributed by atoms with Crippen molar-refractivity contribution in [2.75, 3.05) is 7.05 Å². The van der Waals surface area contributed by atoms with E-state index in [4.69, 9.17) is 0 Å². The average Bonchev–Trinajstić information content (AvgIpc) is 2.56. The maximum Gasteiger partial charge on any atom is 0.0320 e. The van der Waals surface area contributed by atoms with Gasteiger partial charge in [-0.3, -0.25) is 0 Å². The van der Waals surface area contributed by atoms with E-state index in [1.54, 1.807) is 0 Å². The minimum atomic E-state index is 0.415. The molecule has 1 atom stereocenters. The molecule has 0 bridgehead atoms. The summed E-state index contributed by atoms with van der Waals surface area (Å²) in [5, 5.41) is 6.07. The number of benzene rings is 3. The van der Waals surface area contributed by atoms with Crippen LogP contribution in [0.3, 0.4) is 0 Å². The smallest absolute Gasteiger partial charge is 0.0320 e. The Morgan fingerprint density at radius 2 is 1.52 bits per heavy atom. The van der Waals surface area contributed by atoms with Crippen molar-refractivity contribution in [3.05, 3.63) is 83.9 Å². The third-order valence-corrected chi connectivity index (χ3v) is 4.09. The molecule has 0 heterocycles. The third kappa shape index (κ3) is 3.32. The molecule has 1 heteroatoms. The van der Waals surface area contributed by atoms with Crippen LogP contribution in [-0.4, -0.2) is 7.05 Å². The summed E-state index contributed by atoms with van der Waals surface area (Å²) >= 11 is 0. The van der Waals surface area contributed by atoms with Gasteiger partial charge in [-0.1, -0.05) is 72.8 Å². The Kier molecular flexibility index (Phi) is 4.32. The number of nitrogens with one attached hydrogen (secondary N) is 1. The van der Waals surface area contributed by atoms with E-state index < -0.39 is 0 Å². The number of hydrogen-bond donors (Lipinski definition) is 1. The van der Waals surface area contributed by atoms with E-state index in [0.717, 1.165) is 12.8 Å². The lowest BCUT2D eigenvalue weighted by Crippen LogP contribution is -2.16. The van der Waals surface area contributed by atoms with E-state index in [1.807, 2.05) is 7.05 Å². The summed E-state index contributed by atoms with van der Waals surface area (Å²) in [5.41, 5.74) is 2.77. The van der Waals surface area contributed by atoms with Crippen molar-refractivity contribution < 1.29 is 0 Å². The Morgan fingerprint density at radius 1 is 0.810 bits per heavy atom. The number of fused-ring (bicyclic) bond motifs is 1. The van der Waals surface area contributed by atoms with Gasteiger partial charge in [0, 0.05) is 6.04 Å². The quantitative estimate of drug-likeness (QED) is 0.709. The average molecular weight is 275 g/mol. The van der Waals surface area contributed by atoms with Crippen molar-refractivity contribution in [2.45, 2.75) is 18.9 Å². The fourth-order valence-electron chi connectivity index (χ4n) is 2.87. The first-order chi connectivity index (χ1) is 10.4. The molecule has 0 aliphatic carbocycles. The lowest BCUT2D eigenvalue weighted by Gasteiger charge is -2.16. The standard InChI is InChI=1S/C20H21N/c1-21-20(18-8-3-2-4-9-18)14-12-16-11-13-17-7-5-6-10-19(17)15-16/h2-11,13,15,20-21H,12,14H2,1H3. The topological polar surface area (TPSA) is 12.0 Å². The fourth-order valence-corrected chi connectivity index (χ4v) is 2.87. The van der Waals surface area contributed by atoms with Crippen molar-refractivity contribution in [3.63, 3.8) is 0 Å². The van der Waals surface area contributed by atoms with Crippen molar-refractivity contribution in [2.24, 2.45) is 0 Å². The van der Waals surface area contributed by atoms with Crippen LogP contribution >= 0.6 is 0 Å². The molecule has 0 spiro atoms. The number of hydrogen-bond acceptors (Lipinski definition) is 1. The van der Waals surface area contributed by atoms with Crippen LogP contribution in [0.15, 0.2) is 72.8 Å². The van der Waals surface area contributed by atoms with Gasteiger partial charge in [-0.25, -0.2) is 0 Å². The SMILES string of the molecule is CNC(CCc1ccc2ccccc2c1)c1ccccc1. The van der Waals surface area contributed by atoms with Gasteiger partial charge in [0.2, 0.25) is 0 Å². The van der Waals surface area contributed by atoms with Crippen LogP contribution in [0.1, 0.15) is 23.6 Å². The van der Waals surface area contributed by atoms with E-state index in [1.165, 1.54) is 21.9 Å². The highest BCUT2D eigenvalue weighted by Crippen LogP contribution is 2.21. The lowest BCUT2D eigenvalue weighted by atomic mass is 9.98. The molecule has 21 heavy (non-hydrogen) atoms. The first-order valence-corrected chi connectivity index (χ1v) is 7.57. The van der Waals surface area contributed by atoms with E-state index in [2.05, 4.69) is 78.1 Å². The van der Waals surface area contributed by atoms with E-state index in [-0.39, 0.29) is 0 Å².